The van der Waals surface area contributed by atoms with E-state index in [1.807, 2.05) is 36.4 Å². The molecule has 0 spiro atoms. The lowest BCUT2D eigenvalue weighted by Crippen LogP contribution is -2.42. The maximum Gasteiger partial charge on any atom is 0.112 e. The summed E-state index contributed by atoms with van der Waals surface area (Å²) in [6.45, 7) is 4.02. The van der Waals surface area contributed by atoms with Crippen molar-refractivity contribution in [1.29, 1.82) is 0 Å². The van der Waals surface area contributed by atoms with Gasteiger partial charge in [-0.05, 0) is 24.0 Å². The number of hydrogen-bond acceptors (Lipinski definition) is 4. The first-order valence-electron chi connectivity index (χ1n) is 8.49. The van der Waals surface area contributed by atoms with E-state index >= 15 is 0 Å². The zero-order valence-corrected chi connectivity index (χ0v) is 14.2. The maximum atomic E-state index is 10.5. The molecule has 0 saturated carbocycles. The molecule has 4 heteroatoms. The van der Waals surface area contributed by atoms with Gasteiger partial charge >= 0.3 is 0 Å². The Balaban J connectivity index is 2.03. The zero-order chi connectivity index (χ0) is 18.1. The number of allylic oxidation sites excluding steroid dienone is 1. The van der Waals surface area contributed by atoms with Crippen molar-refractivity contribution in [3.05, 3.63) is 84.4 Å². The van der Waals surface area contributed by atoms with Crippen LogP contribution in [0.4, 0.5) is 0 Å². The highest BCUT2D eigenvalue weighted by atomic mass is 16.5. The molecule has 0 aliphatic heterocycles. The molecule has 2 aromatic carbocycles. The van der Waals surface area contributed by atoms with Crippen LogP contribution in [0.3, 0.4) is 0 Å². The maximum absolute atomic E-state index is 10.5. The standard InChI is InChI=1S/C21H26O4/c1-2-3-14-18(25-15-16-10-6-4-7-11-16)20(23)21(24)19(22)17-12-8-5-9-13-17/h2,4-13,18-24H,1,3,14-15H2/t18-,19+,20+,21+/m0/s1. The van der Waals surface area contributed by atoms with E-state index in [-0.39, 0.29) is 0 Å². The summed E-state index contributed by atoms with van der Waals surface area (Å²) in [7, 11) is 0. The molecule has 0 unspecified atom stereocenters. The second kappa shape index (κ2) is 10.1. The van der Waals surface area contributed by atoms with Gasteiger partial charge in [0, 0.05) is 0 Å². The van der Waals surface area contributed by atoms with E-state index in [1.165, 1.54) is 0 Å². The molecular weight excluding hydrogens is 316 g/mol. The Morgan fingerprint density at radius 3 is 2.08 bits per heavy atom. The van der Waals surface area contributed by atoms with E-state index in [0.717, 1.165) is 5.56 Å². The monoisotopic (exact) mass is 342 g/mol. The van der Waals surface area contributed by atoms with Gasteiger partial charge in [0.05, 0.1) is 12.7 Å². The normalized spacial score (nSPS) is 16.0. The zero-order valence-electron chi connectivity index (χ0n) is 14.2. The highest BCUT2D eigenvalue weighted by molar-refractivity contribution is 5.19. The Kier molecular flexibility index (Phi) is 7.82. The Morgan fingerprint density at radius 1 is 0.880 bits per heavy atom. The summed E-state index contributed by atoms with van der Waals surface area (Å²) >= 11 is 0. The molecule has 4 atom stereocenters. The fourth-order valence-corrected chi connectivity index (χ4v) is 2.67. The van der Waals surface area contributed by atoms with Crippen LogP contribution < -0.4 is 0 Å². The van der Waals surface area contributed by atoms with Crippen molar-refractivity contribution in [3.63, 3.8) is 0 Å². The summed E-state index contributed by atoms with van der Waals surface area (Å²) in [5, 5.41) is 31.3. The lowest BCUT2D eigenvalue weighted by atomic mass is 9.95. The van der Waals surface area contributed by atoms with E-state index in [2.05, 4.69) is 6.58 Å². The first-order valence-corrected chi connectivity index (χ1v) is 8.49. The Morgan fingerprint density at radius 2 is 1.48 bits per heavy atom. The van der Waals surface area contributed by atoms with Gasteiger partial charge in [-0.15, -0.1) is 6.58 Å². The van der Waals surface area contributed by atoms with Crippen LogP contribution in [-0.2, 0) is 11.3 Å². The Bertz CT molecular complexity index is 614. The lowest BCUT2D eigenvalue weighted by molar-refractivity contribution is -0.130. The predicted octanol–water partition coefficient (Wildman–Crippen LogP) is 2.99. The van der Waals surface area contributed by atoms with Crippen LogP contribution in [-0.4, -0.2) is 33.6 Å². The van der Waals surface area contributed by atoms with Gasteiger partial charge in [0.25, 0.3) is 0 Å². The average Bonchev–Trinajstić information content (AvgIpc) is 2.68. The summed E-state index contributed by atoms with van der Waals surface area (Å²) in [5.41, 5.74) is 1.54. The third-order valence-electron chi connectivity index (χ3n) is 4.16. The van der Waals surface area contributed by atoms with Crippen molar-refractivity contribution in [1.82, 2.24) is 0 Å². The molecule has 0 fully saturated rings. The van der Waals surface area contributed by atoms with Gasteiger partial charge in [0.15, 0.2) is 0 Å². The minimum absolute atomic E-state index is 0.327. The first kappa shape index (κ1) is 19.3. The molecular formula is C21H26O4. The molecule has 0 aliphatic rings. The van der Waals surface area contributed by atoms with Crippen LogP contribution in [0.2, 0.25) is 0 Å². The number of hydrogen-bond donors (Lipinski definition) is 3. The SMILES string of the molecule is C=CCC[C@H](OCc1ccccc1)[C@@H](O)[C@H](O)[C@H](O)c1ccccc1. The van der Waals surface area contributed by atoms with Crippen LogP contribution in [0.1, 0.15) is 30.1 Å². The van der Waals surface area contributed by atoms with Crippen LogP contribution >= 0.6 is 0 Å². The topological polar surface area (TPSA) is 69.9 Å². The molecule has 134 valence electrons. The molecule has 25 heavy (non-hydrogen) atoms. The molecule has 0 radical (unpaired) electrons. The van der Waals surface area contributed by atoms with Crippen LogP contribution in [0.15, 0.2) is 73.3 Å². The van der Waals surface area contributed by atoms with Crippen molar-refractivity contribution in [2.45, 2.75) is 43.9 Å². The number of aliphatic hydroxyl groups excluding tert-OH is 3. The minimum atomic E-state index is -1.34. The summed E-state index contributed by atoms with van der Waals surface area (Å²) < 4.78 is 5.83. The number of ether oxygens (including phenoxy) is 1. The van der Waals surface area contributed by atoms with E-state index in [1.54, 1.807) is 30.3 Å². The third-order valence-corrected chi connectivity index (χ3v) is 4.16. The van der Waals surface area contributed by atoms with Crippen molar-refractivity contribution in [2.24, 2.45) is 0 Å². The second-order valence-corrected chi connectivity index (χ2v) is 6.04. The summed E-state index contributed by atoms with van der Waals surface area (Å²) in [6, 6.07) is 18.4. The smallest absolute Gasteiger partial charge is 0.112 e. The van der Waals surface area contributed by atoms with Crippen molar-refractivity contribution in [2.75, 3.05) is 0 Å². The predicted molar refractivity (Wildman–Crippen MR) is 97.9 cm³/mol. The van der Waals surface area contributed by atoms with E-state index in [4.69, 9.17) is 4.74 Å². The van der Waals surface area contributed by atoms with Gasteiger partial charge in [-0.25, -0.2) is 0 Å². The summed E-state index contributed by atoms with van der Waals surface area (Å²) in [6.07, 6.45) is -1.44. The second-order valence-electron chi connectivity index (χ2n) is 6.04. The molecule has 2 rings (SSSR count). The quantitative estimate of drug-likeness (QED) is 0.581. The van der Waals surface area contributed by atoms with Gasteiger partial charge in [0.1, 0.15) is 18.3 Å². The molecule has 2 aromatic rings. The fourth-order valence-electron chi connectivity index (χ4n) is 2.67. The van der Waals surface area contributed by atoms with Crippen molar-refractivity contribution >= 4 is 0 Å². The molecule has 4 nitrogen and oxygen atoms in total. The van der Waals surface area contributed by atoms with Crippen molar-refractivity contribution < 1.29 is 20.1 Å². The largest absolute Gasteiger partial charge is 0.388 e. The average molecular weight is 342 g/mol. The summed E-state index contributed by atoms with van der Waals surface area (Å²) in [5.74, 6) is 0. The molecule has 3 N–H and O–H groups in total. The molecule has 0 saturated heterocycles. The van der Waals surface area contributed by atoms with E-state index in [0.29, 0.717) is 25.0 Å². The van der Waals surface area contributed by atoms with Gasteiger partial charge in [-0.1, -0.05) is 66.7 Å². The van der Waals surface area contributed by atoms with Crippen LogP contribution in [0, 0.1) is 0 Å². The van der Waals surface area contributed by atoms with Gasteiger partial charge in [-0.2, -0.15) is 0 Å². The van der Waals surface area contributed by atoms with E-state index in [9.17, 15) is 15.3 Å². The van der Waals surface area contributed by atoms with Crippen LogP contribution in [0.5, 0.6) is 0 Å². The van der Waals surface area contributed by atoms with Gasteiger partial charge in [-0.3, -0.25) is 0 Å². The first-order chi connectivity index (χ1) is 12.1. The molecule has 0 bridgehead atoms. The van der Waals surface area contributed by atoms with Crippen LogP contribution in [0.25, 0.3) is 0 Å². The highest BCUT2D eigenvalue weighted by Crippen LogP contribution is 2.23. The number of aliphatic hydroxyl groups is 3. The molecule has 0 aliphatic carbocycles. The Labute approximate surface area is 149 Å². The fraction of sp³-hybridized carbons (Fsp3) is 0.333. The molecule has 0 heterocycles. The van der Waals surface area contributed by atoms with Gasteiger partial charge in [0.2, 0.25) is 0 Å². The minimum Gasteiger partial charge on any atom is -0.388 e. The van der Waals surface area contributed by atoms with E-state index < -0.39 is 24.4 Å². The number of rotatable bonds is 10. The lowest BCUT2D eigenvalue weighted by Gasteiger charge is -2.29. The molecule has 0 aromatic heterocycles. The molecule has 0 amide bonds. The highest BCUT2D eigenvalue weighted by Gasteiger charge is 2.32. The summed E-state index contributed by atoms with van der Waals surface area (Å²) in [4.78, 5) is 0. The van der Waals surface area contributed by atoms with Crippen molar-refractivity contribution in [3.8, 4) is 0 Å². The van der Waals surface area contributed by atoms with Gasteiger partial charge < -0.3 is 20.1 Å². The Hall–Kier alpha value is -1.98. The number of benzene rings is 2. The third kappa shape index (κ3) is 5.80.